The largest absolute Gasteiger partial charge is 0.495 e. The van der Waals surface area contributed by atoms with Crippen molar-refractivity contribution >= 4 is 11.6 Å². The molecule has 0 N–H and O–H groups in total. The maximum atomic E-state index is 13.0. The molecule has 1 aliphatic rings. The highest BCUT2D eigenvalue weighted by Gasteiger charge is 2.29. The van der Waals surface area contributed by atoms with Crippen LogP contribution in [0.25, 0.3) is 0 Å². The standard InChI is InChI=1S/C22H28N2O4/c1-4-18(28-21-12-8-7-11-20(21)27-3)22(25)24-15-13-23(14-16-24)17-9-5-6-10-19(17)26-2/h5-12,18H,4,13-16H2,1-3H3/t18-/m0/s1. The van der Waals surface area contributed by atoms with Gasteiger partial charge in [0.15, 0.2) is 17.6 Å². The lowest BCUT2D eigenvalue weighted by Gasteiger charge is -2.37. The third-order valence-electron chi connectivity index (χ3n) is 5.00. The quantitative estimate of drug-likeness (QED) is 0.734. The Morgan fingerprint density at radius 2 is 1.46 bits per heavy atom. The van der Waals surface area contributed by atoms with E-state index in [-0.39, 0.29) is 5.91 Å². The van der Waals surface area contributed by atoms with Crippen molar-refractivity contribution in [2.24, 2.45) is 0 Å². The summed E-state index contributed by atoms with van der Waals surface area (Å²) in [7, 11) is 3.28. The second-order valence-electron chi connectivity index (χ2n) is 6.65. The number of methoxy groups -OCH3 is 2. The van der Waals surface area contributed by atoms with Crippen LogP contribution in [0.1, 0.15) is 13.3 Å². The Kier molecular flexibility index (Phi) is 6.63. The first-order valence-electron chi connectivity index (χ1n) is 9.64. The Bertz CT molecular complexity index is 788. The molecule has 0 unspecified atom stereocenters. The van der Waals surface area contributed by atoms with Gasteiger partial charge in [0.25, 0.3) is 5.91 Å². The molecule has 0 spiro atoms. The predicted molar refractivity (Wildman–Crippen MR) is 109 cm³/mol. The fraction of sp³-hybridized carbons (Fsp3) is 0.409. The van der Waals surface area contributed by atoms with Gasteiger partial charge >= 0.3 is 0 Å². The number of rotatable bonds is 7. The van der Waals surface area contributed by atoms with Crippen molar-refractivity contribution in [2.45, 2.75) is 19.4 Å². The van der Waals surface area contributed by atoms with Gasteiger partial charge < -0.3 is 24.0 Å². The van der Waals surface area contributed by atoms with E-state index in [0.717, 1.165) is 24.5 Å². The number of anilines is 1. The molecule has 0 aromatic heterocycles. The maximum Gasteiger partial charge on any atom is 0.263 e. The van der Waals surface area contributed by atoms with Crippen molar-refractivity contribution in [1.29, 1.82) is 0 Å². The number of nitrogens with zero attached hydrogens (tertiary/aromatic N) is 2. The van der Waals surface area contributed by atoms with Gasteiger partial charge in [-0.25, -0.2) is 0 Å². The Balaban J connectivity index is 1.63. The molecule has 6 nitrogen and oxygen atoms in total. The minimum atomic E-state index is -0.519. The number of hydrogen-bond acceptors (Lipinski definition) is 5. The SMILES string of the molecule is CC[C@H](Oc1ccccc1OC)C(=O)N1CCN(c2ccccc2OC)CC1. The molecular weight excluding hydrogens is 356 g/mol. The lowest BCUT2D eigenvalue weighted by molar-refractivity contribution is -0.139. The van der Waals surface area contributed by atoms with Gasteiger partial charge in [-0.3, -0.25) is 4.79 Å². The molecule has 28 heavy (non-hydrogen) atoms. The van der Waals surface area contributed by atoms with E-state index < -0.39 is 6.10 Å². The first-order valence-corrected chi connectivity index (χ1v) is 9.64. The highest BCUT2D eigenvalue weighted by molar-refractivity contribution is 5.81. The molecule has 0 radical (unpaired) electrons. The van der Waals surface area contributed by atoms with Crippen molar-refractivity contribution in [1.82, 2.24) is 4.90 Å². The van der Waals surface area contributed by atoms with Crippen LogP contribution in [0, 0.1) is 0 Å². The van der Waals surface area contributed by atoms with E-state index in [9.17, 15) is 4.79 Å². The van der Waals surface area contributed by atoms with Crippen LogP contribution in [0.3, 0.4) is 0 Å². The average Bonchev–Trinajstić information content (AvgIpc) is 2.77. The molecule has 2 aromatic rings. The zero-order valence-corrected chi connectivity index (χ0v) is 16.8. The predicted octanol–water partition coefficient (Wildman–Crippen LogP) is 3.21. The smallest absolute Gasteiger partial charge is 0.263 e. The fourth-order valence-corrected chi connectivity index (χ4v) is 3.44. The molecule has 1 fully saturated rings. The van der Waals surface area contributed by atoms with Gasteiger partial charge in [0, 0.05) is 26.2 Å². The average molecular weight is 384 g/mol. The van der Waals surface area contributed by atoms with Gasteiger partial charge in [0.05, 0.1) is 19.9 Å². The first kappa shape index (κ1) is 19.9. The van der Waals surface area contributed by atoms with Gasteiger partial charge in [-0.1, -0.05) is 31.2 Å². The third kappa shape index (κ3) is 4.32. The van der Waals surface area contributed by atoms with E-state index in [0.29, 0.717) is 31.0 Å². The van der Waals surface area contributed by atoms with Crippen LogP contribution in [0.5, 0.6) is 17.2 Å². The first-order chi connectivity index (χ1) is 13.7. The van der Waals surface area contributed by atoms with Crippen LogP contribution in [0.15, 0.2) is 48.5 Å². The molecule has 1 atom stereocenters. The molecule has 0 bridgehead atoms. The molecule has 1 heterocycles. The van der Waals surface area contributed by atoms with Gasteiger partial charge in [-0.05, 0) is 30.7 Å². The van der Waals surface area contributed by atoms with Crippen LogP contribution in [-0.4, -0.2) is 57.3 Å². The second-order valence-corrected chi connectivity index (χ2v) is 6.65. The molecule has 1 saturated heterocycles. The minimum Gasteiger partial charge on any atom is -0.495 e. The van der Waals surface area contributed by atoms with Crippen molar-refractivity contribution in [3.63, 3.8) is 0 Å². The number of benzene rings is 2. The van der Waals surface area contributed by atoms with Crippen LogP contribution in [0.2, 0.25) is 0 Å². The monoisotopic (exact) mass is 384 g/mol. The summed E-state index contributed by atoms with van der Waals surface area (Å²) >= 11 is 0. The number of carbonyl (C=O) groups is 1. The van der Waals surface area contributed by atoms with Crippen molar-refractivity contribution in [3.8, 4) is 17.2 Å². The highest BCUT2D eigenvalue weighted by Crippen LogP contribution is 2.30. The summed E-state index contributed by atoms with van der Waals surface area (Å²) in [5.74, 6) is 2.11. The summed E-state index contributed by atoms with van der Waals surface area (Å²) in [5, 5.41) is 0. The topological polar surface area (TPSA) is 51.2 Å². The second kappa shape index (κ2) is 9.35. The maximum absolute atomic E-state index is 13.0. The Hall–Kier alpha value is -2.89. The lowest BCUT2D eigenvalue weighted by atomic mass is 10.2. The Morgan fingerprint density at radius 1 is 0.893 bits per heavy atom. The molecule has 1 amide bonds. The van der Waals surface area contributed by atoms with Gasteiger partial charge in [-0.2, -0.15) is 0 Å². The molecule has 2 aromatic carbocycles. The summed E-state index contributed by atoms with van der Waals surface area (Å²) in [6.45, 7) is 4.79. The molecule has 0 aliphatic carbocycles. The van der Waals surface area contributed by atoms with E-state index >= 15 is 0 Å². The summed E-state index contributed by atoms with van der Waals surface area (Å²) in [6, 6.07) is 15.4. The minimum absolute atomic E-state index is 0.0214. The Morgan fingerprint density at radius 3 is 2.07 bits per heavy atom. The molecule has 150 valence electrons. The van der Waals surface area contributed by atoms with Crippen LogP contribution in [0.4, 0.5) is 5.69 Å². The summed E-state index contributed by atoms with van der Waals surface area (Å²) < 4.78 is 16.8. The third-order valence-corrected chi connectivity index (χ3v) is 5.00. The number of ether oxygens (including phenoxy) is 3. The van der Waals surface area contributed by atoms with E-state index in [1.807, 2.05) is 54.3 Å². The fourth-order valence-electron chi connectivity index (χ4n) is 3.44. The summed E-state index contributed by atoms with van der Waals surface area (Å²) in [4.78, 5) is 17.2. The number of carbonyl (C=O) groups excluding carboxylic acids is 1. The van der Waals surface area contributed by atoms with Gasteiger partial charge in [0.1, 0.15) is 5.75 Å². The number of piperazine rings is 1. The van der Waals surface area contributed by atoms with Crippen LogP contribution in [-0.2, 0) is 4.79 Å². The molecule has 0 saturated carbocycles. The van der Waals surface area contributed by atoms with E-state index in [4.69, 9.17) is 14.2 Å². The Labute approximate surface area is 166 Å². The summed E-state index contributed by atoms with van der Waals surface area (Å²) in [6.07, 6.45) is 0.0815. The number of amides is 1. The summed E-state index contributed by atoms with van der Waals surface area (Å²) in [5.41, 5.74) is 1.06. The van der Waals surface area contributed by atoms with Crippen molar-refractivity contribution in [3.05, 3.63) is 48.5 Å². The van der Waals surface area contributed by atoms with Crippen LogP contribution < -0.4 is 19.1 Å². The molecular formula is C22H28N2O4. The van der Waals surface area contributed by atoms with Crippen molar-refractivity contribution in [2.75, 3.05) is 45.3 Å². The molecule has 3 rings (SSSR count). The zero-order valence-electron chi connectivity index (χ0n) is 16.8. The van der Waals surface area contributed by atoms with Gasteiger partial charge in [-0.15, -0.1) is 0 Å². The zero-order chi connectivity index (χ0) is 19.9. The van der Waals surface area contributed by atoms with Gasteiger partial charge in [0.2, 0.25) is 0 Å². The van der Waals surface area contributed by atoms with Crippen molar-refractivity contribution < 1.29 is 19.0 Å². The number of hydrogen-bond donors (Lipinski definition) is 0. The van der Waals surface area contributed by atoms with Crippen LogP contribution >= 0.6 is 0 Å². The normalized spacial score (nSPS) is 15.1. The number of para-hydroxylation sites is 4. The lowest BCUT2D eigenvalue weighted by Crippen LogP contribution is -2.52. The van der Waals surface area contributed by atoms with E-state index in [2.05, 4.69) is 11.0 Å². The van der Waals surface area contributed by atoms with E-state index in [1.54, 1.807) is 14.2 Å². The molecule has 1 aliphatic heterocycles. The highest BCUT2D eigenvalue weighted by atomic mass is 16.5. The molecule has 6 heteroatoms. The van der Waals surface area contributed by atoms with E-state index in [1.165, 1.54) is 0 Å².